The molecule has 38 heavy (non-hydrogen) atoms. The highest BCUT2D eigenvalue weighted by molar-refractivity contribution is 7.99. The molecule has 0 atom stereocenters. The maximum absolute atomic E-state index is 13.9. The van der Waals surface area contributed by atoms with E-state index in [-0.39, 0.29) is 34.7 Å². The fourth-order valence-electron chi connectivity index (χ4n) is 3.52. The summed E-state index contributed by atoms with van der Waals surface area (Å²) >= 11 is 0.903. The normalized spacial score (nSPS) is 11.3. The number of nitrogens with one attached hydrogen (secondary N) is 2. The molecule has 4 rings (SSSR count). The van der Waals surface area contributed by atoms with Gasteiger partial charge in [-0.05, 0) is 49.4 Å². The van der Waals surface area contributed by atoms with E-state index in [0.29, 0.717) is 5.56 Å². The zero-order valence-electron chi connectivity index (χ0n) is 19.9. The maximum Gasteiger partial charge on any atom is 0.416 e. The van der Waals surface area contributed by atoms with Crippen LogP contribution in [0, 0.1) is 12.7 Å². The number of aromatic nitrogens is 3. The second-order valence-corrected chi connectivity index (χ2v) is 9.09. The van der Waals surface area contributed by atoms with Crippen molar-refractivity contribution in [3.05, 3.63) is 101 Å². The van der Waals surface area contributed by atoms with Gasteiger partial charge < -0.3 is 10.6 Å². The molecule has 4 aromatic rings. The Labute approximate surface area is 219 Å². The first-order valence-corrected chi connectivity index (χ1v) is 12.2. The number of nitrogens with zero attached hydrogens (tertiary/aromatic N) is 3. The number of hydrogen-bond acceptors (Lipinski definition) is 5. The Kier molecular flexibility index (Phi) is 8.10. The zero-order chi connectivity index (χ0) is 27.3. The lowest BCUT2D eigenvalue weighted by Crippen LogP contribution is -2.24. The van der Waals surface area contributed by atoms with Crippen molar-refractivity contribution in [1.82, 2.24) is 20.1 Å². The first-order chi connectivity index (χ1) is 18.1. The highest BCUT2D eigenvalue weighted by Gasteiger charge is 2.31. The summed E-state index contributed by atoms with van der Waals surface area (Å²) < 4.78 is 55.4. The van der Waals surface area contributed by atoms with E-state index in [1.807, 2.05) is 13.0 Å². The smallest absolute Gasteiger partial charge is 0.345 e. The highest BCUT2D eigenvalue weighted by Crippen LogP contribution is 2.31. The van der Waals surface area contributed by atoms with Crippen molar-refractivity contribution in [3.63, 3.8) is 0 Å². The molecule has 196 valence electrons. The molecule has 0 aliphatic rings. The monoisotopic (exact) mass is 543 g/mol. The van der Waals surface area contributed by atoms with Crippen molar-refractivity contribution < 1.29 is 27.2 Å². The summed E-state index contributed by atoms with van der Waals surface area (Å²) in [5.74, 6) is -1.62. The van der Waals surface area contributed by atoms with Crippen molar-refractivity contribution in [2.24, 2.45) is 0 Å². The van der Waals surface area contributed by atoms with Crippen LogP contribution in [0.1, 0.15) is 27.3 Å². The van der Waals surface area contributed by atoms with Gasteiger partial charge in [0.05, 0.1) is 29.2 Å². The number of thioether (sulfide) groups is 1. The first kappa shape index (κ1) is 26.9. The Morgan fingerprint density at radius 2 is 1.74 bits per heavy atom. The summed E-state index contributed by atoms with van der Waals surface area (Å²) in [6.07, 6.45) is -4.59. The maximum atomic E-state index is 13.9. The van der Waals surface area contributed by atoms with Crippen molar-refractivity contribution in [2.45, 2.75) is 24.8 Å². The summed E-state index contributed by atoms with van der Waals surface area (Å²) in [7, 11) is 0. The van der Waals surface area contributed by atoms with Gasteiger partial charge in [-0.15, -0.1) is 10.2 Å². The van der Waals surface area contributed by atoms with Crippen LogP contribution >= 0.6 is 11.8 Å². The van der Waals surface area contributed by atoms with E-state index in [9.17, 15) is 27.2 Å². The first-order valence-electron chi connectivity index (χ1n) is 11.3. The number of anilines is 1. The number of halogens is 4. The molecule has 0 radical (unpaired) electrons. The van der Waals surface area contributed by atoms with Gasteiger partial charge in [0, 0.05) is 5.56 Å². The topological polar surface area (TPSA) is 88.9 Å². The standard InChI is InChI=1S/C26H21F4N5O2S/c1-16-6-4-7-17(12-16)24(37)31-14-22-33-34-25(35(22)19-9-5-8-18(13-19)26(28,29)30)38-15-23(36)32-21-11-3-2-10-20(21)27/h2-13H,14-15H2,1H3,(H,31,37)(H,32,36). The van der Waals surface area contributed by atoms with E-state index in [1.54, 1.807) is 24.3 Å². The van der Waals surface area contributed by atoms with Crippen molar-refractivity contribution in [1.29, 1.82) is 0 Å². The molecule has 0 fully saturated rings. The Morgan fingerprint density at radius 1 is 0.974 bits per heavy atom. The highest BCUT2D eigenvalue weighted by atomic mass is 32.2. The molecule has 0 saturated carbocycles. The van der Waals surface area contributed by atoms with Gasteiger partial charge in [0.25, 0.3) is 5.91 Å². The molecule has 7 nitrogen and oxygen atoms in total. The van der Waals surface area contributed by atoms with Crippen molar-refractivity contribution >= 4 is 29.3 Å². The van der Waals surface area contributed by atoms with Gasteiger partial charge in [-0.3, -0.25) is 14.2 Å². The average molecular weight is 544 g/mol. The van der Waals surface area contributed by atoms with Gasteiger partial charge in [-0.2, -0.15) is 13.2 Å². The second-order valence-electron chi connectivity index (χ2n) is 8.15. The third-order valence-corrected chi connectivity index (χ3v) is 6.23. The van der Waals surface area contributed by atoms with Crippen molar-refractivity contribution in [3.8, 4) is 5.69 Å². The minimum absolute atomic E-state index is 0.00278. The van der Waals surface area contributed by atoms with Crippen LogP contribution in [0.3, 0.4) is 0 Å². The van der Waals surface area contributed by atoms with Crippen LogP contribution < -0.4 is 10.6 Å². The minimum Gasteiger partial charge on any atom is -0.345 e. The number of alkyl halides is 3. The molecule has 0 bridgehead atoms. The van der Waals surface area contributed by atoms with E-state index in [1.165, 1.54) is 34.9 Å². The fraction of sp³-hybridized carbons (Fsp3) is 0.154. The van der Waals surface area contributed by atoms with Gasteiger partial charge in [-0.1, -0.05) is 47.7 Å². The number of amides is 2. The van der Waals surface area contributed by atoms with Crippen LogP contribution in [0.4, 0.5) is 23.2 Å². The van der Waals surface area contributed by atoms with Crippen LogP contribution in [0.25, 0.3) is 5.69 Å². The molecular weight excluding hydrogens is 522 g/mol. The van der Waals surface area contributed by atoms with Crippen LogP contribution in [0.5, 0.6) is 0 Å². The molecule has 3 aromatic carbocycles. The number of carbonyl (C=O) groups is 2. The molecule has 12 heteroatoms. The quantitative estimate of drug-likeness (QED) is 0.230. The molecule has 0 aliphatic heterocycles. The summed E-state index contributed by atoms with van der Waals surface area (Å²) in [5, 5.41) is 13.3. The van der Waals surface area contributed by atoms with Gasteiger partial charge in [0.15, 0.2) is 11.0 Å². The van der Waals surface area contributed by atoms with E-state index in [4.69, 9.17) is 0 Å². The third kappa shape index (κ3) is 6.57. The van der Waals surface area contributed by atoms with Crippen LogP contribution in [-0.2, 0) is 17.5 Å². The zero-order valence-corrected chi connectivity index (χ0v) is 20.7. The molecule has 0 unspecified atom stereocenters. The number of hydrogen-bond donors (Lipinski definition) is 2. The number of rotatable bonds is 8. The lowest BCUT2D eigenvalue weighted by Gasteiger charge is -2.13. The second kappa shape index (κ2) is 11.5. The van der Waals surface area contributed by atoms with Crippen molar-refractivity contribution in [2.75, 3.05) is 11.1 Å². The summed E-state index contributed by atoms with van der Waals surface area (Å²) in [5.41, 5.74) is 0.511. The lowest BCUT2D eigenvalue weighted by atomic mass is 10.1. The fourth-order valence-corrected chi connectivity index (χ4v) is 4.29. The molecule has 0 saturated heterocycles. The van der Waals surface area contributed by atoms with Crippen LogP contribution in [0.2, 0.25) is 0 Å². The van der Waals surface area contributed by atoms with E-state index >= 15 is 0 Å². The molecule has 2 N–H and O–H groups in total. The molecule has 0 spiro atoms. The number of carbonyl (C=O) groups excluding carboxylic acids is 2. The predicted octanol–water partition coefficient (Wildman–Crippen LogP) is 5.39. The lowest BCUT2D eigenvalue weighted by molar-refractivity contribution is -0.137. The third-order valence-electron chi connectivity index (χ3n) is 5.30. The average Bonchev–Trinajstić information content (AvgIpc) is 3.30. The Balaban J connectivity index is 1.58. The van der Waals surface area contributed by atoms with Crippen LogP contribution in [-0.4, -0.2) is 32.3 Å². The Bertz CT molecular complexity index is 1470. The molecule has 0 aliphatic carbocycles. The molecule has 1 aromatic heterocycles. The van der Waals surface area contributed by atoms with E-state index < -0.39 is 29.4 Å². The summed E-state index contributed by atoms with van der Waals surface area (Å²) in [6.45, 7) is 1.70. The van der Waals surface area contributed by atoms with Crippen LogP contribution in [0.15, 0.2) is 78.0 Å². The summed E-state index contributed by atoms with van der Waals surface area (Å²) in [6, 6.07) is 17.1. The Morgan fingerprint density at radius 3 is 2.47 bits per heavy atom. The van der Waals surface area contributed by atoms with E-state index in [0.717, 1.165) is 29.5 Å². The number of para-hydroxylation sites is 1. The van der Waals surface area contributed by atoms with Gasteiger partial charge in [0.1, 0.15) is 5.82 Å². The van der Waals surface area contributed by atoms with Gasteiger partial charge >= 0.3 is 6.18 Å². The van der Waals surface area contributed by atoms with Gasteiger partial charge in [-0.25, -0.2) is 4.39 Å². The summed E-state index contributed by atoms with van der Waals surface area (Å²) in [4.78, 5) is 25.0. The molecule has 2 amide bonds. The van der Waals surface area contributed by atoms with E-state index in [2.05, 4.69) is 20.8 Å². The largest absolute Gasteiger partial charge is 0.416 e. The number of aryl methyl sites for hydroxylation is 1. The molecular formula is C26H21F4N5O2S. The predicted molar refractivity (Wildman–Crippen MR) is 134 cm³/mol. The number of benzene rings is 3. The molecule has 1 heterocycles. The minimum atomic E-state index is -4.59. The SMILES string of the molecule is Cc1cccc(C(=O)NCc2nnc(SCC(=O)Nc3ccccc3F)n2-c2cccc(C(F)(F)F)c2)c1. The van der Waals surface area contributed by atoms with Gasteiger partial charge in [0.2, 0.25) is 5.91 Å². The Hall–Kier alpha value is -4.19.